The van der Waals surface area contributed by atoms with Crippen LogP contribution < -0.4 is 38.9 Å². The summed E-state index contributed by atoms with van der Waals surface area (Å²) in [6.07, 6.45) is 5.58. The van der Waals surface area contributed by atoms with Crippen molar-refractivity contribution in [2.45, 2.75) is 76.8 Å². The van der Waals surface area contributed by atoms with Crippen molar-refractivity contribution < 1.29 is 14.4 Å². The van der Waals surface area contributed by atoms with Crippen LogP contribution in [0.1, 0.15) is 64.7 Å². The number of amides is 3. The van der Waals surface area contributed by atoms with Crippen LogP contribution >= 0.6 is 0 Å². The Balaban J connectivity index is 4.85. The van der Waals surface area contributed by atoms with E-state index in [4.69, 9.17) is 22.9 Å². The van der Waals surface area contributed by atoms with Gasteiger partial charge in [-0.05, 0) is 64.5 Å². The monoisotopic (exact) mass is 442 g/mol. The van der Waals surface area contributed by atoms with Crippen LogP contribution in [-0.2, 0) is 14.4 Å². The second kappa shape index (κ2) is 18.4. The number of hydrogen-bond acceptors (Lipinski definition) is 6. The minimum absolute atomic E-state index is 0.0443. The highest BCUT2D eigenvalue weighted by Gasteiger charge is 2.25. The smallest absolute Gasteiger partial charge is 0.243 e. The zero-order valence-corrected chi connectivity index (χ0v) is 18.8. The second-order valence-corrected chi connectivity index (χ2v) is 7.41. The summed E-state index contributed by atoms with van der Waals surface area (Å²) in [6, 6.07) is -1.38. The molecule has 0 unspecified atom stereocenters. The molecule has 0 aromatic carbocycles. The first-order valence-corrected chi connectivity index (χ1v) is 11.2. The minimum atomic E-state index is -0.691. The van der Waals surface area contributed by atoms with Crippen molar-refractivity contribution in [1.82, 2.24) is 16.0 Å². The Hall–Kier alpha value is -2.40. The van der Waals surface area contributed by atoms with E-state index in [0.717, 1.165) is 19.3 Å². The summed E-state index contributed by atoms with van der Waals surface area (Å²) in [5.74, 6) is -0.782. The Bertz CT molecular complexity index is 553. The number of carbonyl (C=O) groups excluding carboxylic acids is 3. The topological polar surface area (TPSA) is 204 Å². The number of aliphatic imine (C=N–C) groups is 1. The van der Waals surface area contributed by atoms with Gasteiger partial charge >= 0.3 is 0 Å². The SMILES string of the molecule is CCC(=O)N[C@@H](CCCCN)C(=O)N[C@@H](CCCCN)C(=O)NCCCCN=C(N)N. The van der Waals surface area contributed by atoms with Crippen LogP contribution in [0.25, 0.3) is 0 Å². The van der Waals surface area contributed by atoms with Gasteiger partial charge in [0, 0.05) is 19.5 Å². The lowest BCUT2D eigenvalue weighted by atomic mass is 10.1. The summed E-state index contributed by atoms with van der Waals surface area (Å²) in [5.41, 5.74) is 21.6. The average Bonchev–Trinajstić information content (AvgIpc) is 2.74. The van der Waals surface area contributed by atoms with Gasteiger partial charge in [-0.3, -0.25) is 19.4 Å². The molecule has 0 aliphatic heterocycles. The number of rotatable bonds is 18. The third-order valence-electron chi connectivity index (χ3n) is 4.68. The molecular formula is C20H42N8O3. The van der Waals surface area contributed by atoms with E-state index in [1.165, 1.54) is 0 Å². The van der Waals surface area contributed by atoms with Gasteiger partial charge in [0.05, 0.1) is 0 Å². The zero-order chi connectivity index (χ0) is 23.5. The Morgan fingerprint density at radius 1 is 0.806 bits per heavy atom. The van der Waals surface area contributed by atoms with Crippen molar-refractivity contribution in [1.29, 1.82) is 0 Å². The highest BCUT2D eigenvalue weighted by Crippen LogP contribution is 2.06. The molecule has 0 spiro atoms. The van der Waals surface area contributed by atoms with E-state index in [-0.39, 0.29) is 30.1 Å². The number of unbranched alkanes of at least 4 members (excludes halogenated alkanes) is 3. The Morgan fingerprint density at radius 3 is 1.90 bits per heavy atom. The molecule has 0 saturated carbocycles. The van der Waals surface area contributed by atoms with Gasteiger partial charge in [-0.25, -0.2) is 0 Å². The maximum Gasteiger partial charge on any atom is 0.243 e. The van der Waals surface area contributed by atoms with Gasteiger partial charge in [0.1, 0.15) is 12.1 Å². The normalized spacial score (nSPS) is 12.5. The van der Waals surface area contributed by atoms with Crippen molar-refractivity contribution in [2.75, 3.05) is 26.2 Å². The van der Waals surface area contributed by atoms with Gasteiger partial charge in [0.25, 0.3) is 0 Å². The highest BCUT2D eigenvalue weighted by molar-refractivity contribution is 5.92. The quantitative estimate of drug-likeness (QED) is 0.0783. The molecule has 11 nitrogen and oxygen atoms in total. The molecule has 180 valence electrons. The summed E-state index contributed by atoms with van der Waals surface area (Å²) in [7, 11) is 0. The van der Waals surface area contributed by atoms with E-state index in [1.54, 1.807) is 6.92 Å². The van der Waals surface area contributed by atoms with Crippen LogP contribution in [0.5, 0.6) is 0 Å². The summed E-state index contributed by atoms with van der Waals surface area (Å²) in [6.45, 7) is 3.70. The molecule has 3 amide bonds. The number of hydrogen-bond donors (Lipinski definition) is 7. The molecule has 0 aromatic heterocycles. The fraction of sp³-hybridized carbons (Fsp3) is 0.800. The van der Waals surface area contributed by atoms with Crippen LogP contribution in [0, 0.1) is 0 Å². The van der Waals surface area contributed by atoms with E-state index < -0.39 is 12.1 Å². The second-order valence-electron chi connectivity index (χ2n) is 7.41. The lowest BCUT2D eigenvalue weighted by Gasteiger charge is -2.23. The van der Waals surface area contributed by atoms with Crippen molar-refractivity contribution in [2.24, 2.45) is 27.9 Å². The zero-order valence-electron chi connectivity index (χ0n) is 18.8. The van der Waals surface area contributed by atoms with Crippen molar-refractivity contribution >= 4 is 23.7 Å². The van der Waals surface area contributed by atoms with Crippen molar-refractivity contribution in [3.63, 3.8) is 0 Å². The standard InChI is InChI=1S/C20H42N8O3/c1-2-17(29)27-16(10-4-6-12-22)19(31)28-15(9-3-5-11-21)18(30)25-13-7-8-14-26-20(23)24/h15-16H,2-14,21-22H2,1H3,(H,25,30)(H,27,29)(H,28,31)(H4,23,24,26)/t15-,16-/m0/s1. The van der Waals surface area contributed by atoms with Gasteiger partial charge in [-0.2, -0.15) is 0 Å². The van der Waals surface area contributed by atoms with Crippen LogP contribution in [0.3, 0.4) is 0 Å². The summed E-state index contributed by atoms with van der Waals surface area (Å²) in [5, 5.41) is 8.39. The molecule has 2 atom stereocenters. The number of nitrogens with zero attached hydrogens (tertiary/aromatic N) is 1. The number of carbonyl (C=O) groups is 3. The molecule has 0 radical (unpaired) electrons. The Labute approximate surface area is 185 Å². The maximum absolute atomic E-state index is 12.8. The largest absolute Gasteiger partial charge is 0.370 e. The first kappa shape index (κ1) is 28.6. The Morgan fingerprint density at radius 2 is 1.39 bits per heavy atom. The molecule has 0 aliphatic carbocycles. The van der Waals surface area contributed by atoms with E-state index in [9.17, 15) is 14.4 Å². The predicted octanol–water partition coefficient (Wildman–Crippen LogP) is -1.21. The van der Waals surface area contributed by atoms with Crippen molar-refractivity contribution in [3.05, 3.63) is 0 Å². The lowest BCUT2D eigenvalue weighted by Crippen LogP contribution is -2.53. The third kappa shape index (κ3) is 15.1. The molecule has 31 heavy (non-hydrogen) atoms. The maximum atomic E-state index is 12.8. The van der Waals surface area contributed by atoms with Crippen LogP contribution in [-0.4, -0.2) is 61.9 Å². The summed E-state index contributed by atoms with van der Waals surface area (Å²) in [4.78, 5) is 41.2. The molecular weight excluding hydrogens is 400 g/mol. The van der Waals surface area contributed by atoms with Gasteiger partial charge in [-0.1, -0.05) is 6.92 Å². The molecule has 0 bridgehead atoms. The third-order valence-corrected chi connectivity index (χ3v) is 4.68. The first-order valence-electron chi connectivity index (χ1n) is 11.2. The fourth-order valence-electron chi connectivity index (χ4n) is 2.87. The highest BCUT2D eigenvalue weighted by atomic mass is 16.2. The molecule has 0 rings (SSSR count). The molecule has 0 fully saturated rings. The van der Waals surface area contributed by atoms with Gasteiger partial charge in [0.15, 0.2) is 5.96 Å². The number of guanidine groups is 1. The Kier molecular flexibility index (Phi) is 17.0. The van der Waals surface area contributed by atoms with Crippen molar-refractivity contribution in [3.8, 4) is 0 Å². The summed E-state index contributed by atoms with van der Waals surface area (Å²) >= 11 is 0. The van der Waals surface area contributed by atoms with Gasteiger partial charge in [0.2, 0.25) is 17.7 Å². The first-order chi connectivity index (χ1) is 14.8. The van der Waals surface area contributed by atoms with Gasteiger partial charge < -0.3 is 38.9 Å². The fourth-order valence-corrected chi connectivity index (χ4v) is 2.87. The number of nitrogens with one attached hydrogen (secondary N) is 3. The molecule has 0 aromatic rings. The van der Waals surface area contributed by atoms with Crippen LogP contribution in [0.15, 0.2) is 4.99 Å². The van der Waals surface area contributed by atoms with E-state index in [0.29, 0.717) is 58.3 Å². The molecule has 11 N–H and O–H groups in total. The summed E-state index contributed by atoms with van der Waals surface area (Å²) < 4.78 is 0. The molecule has 0 saturated heterocycles. The average molecular weight is 443 g/mol. The molecule has 11 heteroatoms. The lowest BCUT2D eigenvalue weighted by molar-refractivity contribution is -0.132. The van der Waals surface area contributed by atoms with Crippen LogP contribution in [0.2, 0.25) is 0 Å². The minimum Gasteiger partial charge on any atom is -0.370 e. The van der Waals surface area contributed by atoms with E-state index in [2.05, 4.69) is 20.9 Å². The predicted molar refractivity (Wildman–Crippen MR) is 123 cm³/mol. The van der Waals surface area contributed by atoms with Gasteiger partial charge in [-0.15, -0.1) is 0 Å². The van der Waals surface area contributed by atoms with E-state index in [1.807, 2.05) is 0 Å². The molecule has 0 heterocycles. The van der Waals surface area contributed by atoms with E-state index >= 15 is 0 Å². The molecule has 0 aliphatic rings. The van der Waals surface area contributed by atoms with Crippen LogP contribution in [0.4, 0.5) is 0 Å². The number of nitrogens with two attached hydrogens (primary N) is 4.